The molecule has 1 aliphatic rings. The zero-order valence-corrected chi connectivity index (χ0v) is 14.1. The van der Waals surface area contributed by atoms with Gasteiger partial charge in [-0.05, 0) is 24.1 Å². The van der Waals surface area contributed by atoms with E-state index in [-0.39, 0.29) is 24.2 Å². The molecule has 25 heavy (non-hydrogen) atoms. The maximum atomic E-state index is 12.5. The Labute approximate surface area is 146 Å². The van der Waals surface area contributed by atoms with Crippen molar-refractivity contribution in [1.82, 2.24) is 9.88 Å². The average molecular weight is 339 g/mol. The van der Waals surface area contributed by atoms with Crippen LogP contribution in [0, 0.1) is 5.92 Å². The highest BCUT2D eigenvalue weighted by Gasteiger charge is 2.29. The number of nitrogens with zero attached hydrogens (tertiary/aromatic N) is 2. The predicted molar refractivity (Wildman–Crippen MR) is 94.0 cm³/mol. The number of carbonyl (C=O) groups excluding carboxylic acids is 2. The summed E-state index contributed by atoms with van der Waals surface area (Å²) in [5, 5.41) is 2.85. The number of rotatable bonds is 5. The van der Waals surface area contributed by atoms with E-state index < -0.39 is 0 Å². The molecule has 0 saturated carbocycles. The average Bonchev–Trinajstić information content (AvgIpc) is 2.64. The van der Waals surface area contributed by atoms with Crippen molar-refractivity contribution in [3.63, 3.8) is 0 Å². The van der Waals surface area contributed by atoms with Crippen molar-refractivity contribution in [3.8, 4) is 5.88 Å². The van der Waals surface area contributed by atoms with Gasteiger partial charge in [-0.15, -0.1) is 0 Å². The number of anilines is 1. The SMILES string of the molecule is CN1CC[C@H](C(=O)Nc2cccnc2OCc2ccccc2)CC1=O. The monoisotopic (exact) mass is 339 g/mol. The van der Waals surface area contributed by atoms with Crippen LogP contribution in [-0.2, 0) is 16.2 Å². The van der Waals surface area contributed by atoms with Crippen molar-refractivity contribution in [2.24, 2.45) is 5.92 Å². The smallest absolute Gasteiger partial charge is 0.238 e. The molecule has 2 heterocycles. The first-order chi connectivity index (χ1) is 12.1. The van der Waals surface area contributed by atoms with E-state index in [0.717, 1.165) is 5.56 Å². The molecule has 3 rings (SSSR count). The van der Waals surface area contributed by atoms with Crippen LogP contribution in [0.5, 0.6) is 5.88 Å². The van der Waals surface area contributed by atoms with Gasteiger partial charge < -0.3 is 15.0 Å². The van der Waals surface area contributed by atoms with Gasteiger partial charge in [0.05, 0.1) is 0 Å². The Balaban J connectivity index is 1.64. The highest BCUT2D eigenvalue weighted by molar-refractivity contribution is 5.96. The van der Waals surface area contributed by atoms with Gasteiger partial charge in [0.15, 0.2) is 0 Å². The van der Waals surface area contributed by atoms with E-state index in [4.69, 9.17) is 4.74 Å². The standard InChI is InChI=1S/C19H21N3O3/c1-22-11-9-15(12-17(22)23)18(24)21-16-8-5-10-20-19(16)25-13-14-6-3-2-4-7-14/h2-8,10,15H,9,11-13H2,1H3,(H,21,24)/t15-/m0/s1. The number of ether oxygens (including phenoxy) is 1. The van der Waals surface area contributed by atoms with E-state index >= 15 is 0 Å². The molecule has 1 aromatic heterocycles. The molecule has 130 valence electrons. The van der Waals surface area contributed by atoms with E-state index in [1.165, 1.54) is 0 Å². The lowest BCUT2D eigenvalue weighted by Gasteiger charge is -2.28. The first-order valence-corrected chi connectivity index (χ1v) is 8.30. The number of carbonyl (C=O) groups is 2. The second-order valence-corrected chi connectivity index (χ2v) is 6.12. The predicted octanol–water partition coefficient (Wildman–Crippen LogP) is 2.47. The normalized spacial score (nSPS) is 17.2. The summed E-state index contributed by atoms with van der Waals surface area (Å²) in [5.74, 6) is -0.109. The molecule has 1 fully saturated rings. The Morgan fingerprint density at radius 2 is 2.08 bits per heavy atom. The molecule has 0 unspecified atom stereocenters. The van der Waals surface area contributed by atoms with E-state index in [0.29, 0.717) is 31.1 Å². The van der Waals surface area contributed by atoms with Crippen LogP contribution in [0.4, 0.5) is 5.69 Å². The van der Waals surface area contributed by atoms with Gasteiger partial charge in [0.25, 0.3) is 0 Å². The molecule has 6 heteroatoms. The van der Waals surface area contributed by atoms with Crippen LogP contribution >= 0.6 is 0 Å². The summed E-state index contributed by atoms with van der Waals surface area (Å²) in [6.07, 6.45) is 2.52. The number of likely N-dealkylation sites (tertiary alicyclic amines) is 1. The fourth-order valence-corrected chi connectivity index (χ4v) is 2.73. The minimum absolute atomic E-state index is 0.00172. The fraction of sp³-hybridized carbons (Fsp3) is 0.316. The van der Waals surface area contributed by atoms with Gasteiger partial charge in [0.2, 0.25) is 17.7 Å². The van der Waals surface area contributed by atoms with Gasteiger partial charge in [-0.2, -0.15) is 0 Å². The topological polar surface area (TPSA) is 71.5 Å². The number of nitrogens with one attached hydrogen (secondary N) is 1. The minimum atomic E-state index is -0.314. The number of amides is 2. The van der Waals surface area contributed by atoms with E-state index in [9.17, 15) is 9.59 Å². The van der Waals surface area contributed by atoms with Crippen molar-refractivity contribution in [1.29, 1.82) is 0 Å². The number of pyridine rings is 1. The van der Waals surface area contributed by atoms with Crippen LogP contribution in [0.2, 0.25) is 0 Å². The van der Waals surface area contributed by atoms with Crippen LogP contribution in [0.15, 0.2) is 48.7 Å². The van der Waals surface area contributed by atoms with E-state index in [1.54, 1.807) is 30.3 Å². The maximum Gasteiger partial charge on any atom is 0.238 e. The molecule has 0 bridgehead atoms. The minimum Gasteiger partial charge on any atom is -0.471 e. The summed E-state index contributed by atoms with van der Waals surface area (Å²) >= 11 is 0. The summed E-state index contributed by atoms with van der Waals surface area (Å²) in [4.78, 5) is 30.1. The molecule has 1 atom stereocenters. The molecule has 2 aromatic rings. The van der Waals surface area contributed by atoms with Gasteiger partial charge in [-0.25, -0.2) is 4.98 Å². The van der Waals surface area contributed by atoms with Crippen LogP contribution in [0.3, 0.4) is 0 Å². The van der Waals surface area contributed by atoms with Crippen LogP contribution < -0.4 is 10.1 Å². The summed E-state index contributed by atoms with van der Waals surface area (Å²) in [6.45, 7) is 0.967. The summed E-state index contributed by atoms with van der Waals surface area (Å²) in [6, 6.07) is 13.2. The third kappa shape index (κ3) is 4.35. The van der Waals surface area contributed by atoms with Gasteiger partial charge in [0, 0.05) is 32.1 Å². The Hall–Kier alpha value is -2.89. The van der Waals surface area contributed by atoms with Crippen LogP contribution in [0.25, 0.3) is 0 Å². The van der Waals surface area contributed by atoms with Crippen molar-refractivity contribution < 1.29 is 14.3 Å². The fourth-order valence-electron chi connectivity index (χ4n) is 2.73. The second kappa shape index (κ2) is 7.79. The largest absolute Gasteiger partial charge is 0.471 e. The lowest BCUT2D eigenvalue weighted by molar-refractivity contribution is -0.137. The maximum absolute atomic E-state index is 12.5. The highest BCUT2D eigenvalue weighted by atomic mass is 16.5. The van der Waals surface area contributed by atoms with Gasteiger partial charge in [-0.1, -0.05) is 30.3 Å². The van der Waals surface area contributed by atoms with Crippen molar-refractivity contribution in [2.75, 3.05) is 18.9 Å². The van der Waals surface area contributed by atoms with Crippen LogP contribution in [-0.4, -0.2) is 35.3 Å². The lowest BCUT2D eigenvalue weighted by Crippen LogP contribution is -2.39. The molecular weight excluding hydrogens is 318 g/mol. The van der Waals surface area contributed by atoms with Crippen molar-refractivity contribution in [3.05, 3.63) is 54.2 Å². The summed E-state index contributed by atoms with van der Waals surface area (Å²) in [5.41, 5.74) is 1.54. The van der Waals surface area contributed by atoms with E-state index in [2.05, 4.69) is 10.3 Å². The van der Waals surface area contributed by atoms with Crippen molar-refractivity contribution >= 4 is 17.5 Å². The Morgan fingerprint density at radius 3 is 2.84 bits per heavy atom. The number of hydrogen-bond acceptors (Lipinski definition) is 4. The zero-order chi connectivity index (χ0) is 17.6. The Kier molecular flexibility index (Phi) is 5.28. The molecule has 0 radical (unpaired) electrons. The van der Waals surface area contributed by atoms with Crippen molar-refractivity contribution in [2.45, 2.75) is 19.4 Å². The van der Waals surface area contributed by atoms with Gasteiger partial charge >= 0.3 is 0 Å². The van der Waals surface area contributed by atoms with Gasteiger partial charge in [0.1, 0.15) is 12.3 Å². The first kappa shape index (κ1) is 17.0. The van der Waals surface area contributed by atoms with Gasteiger partial charge in [-0.3, -0.25) is 9.59 Å². The summed E-state index contributed by atoms with van der Waals surface area (Å²) in [7, 11) is 1.76. The Bertz CT molecular complexity index is 749. The third-order valence-corrected chi connectivity index (χ3v) is 4.28. The molecule has 1 saturated heterocycles. The van der Waals surface area contributed by atoms with E-state index in [1.807, 2.05) is 30.3 Å². The quantitative estimate of drug-likeness (QED) is 0.908. The number of benzene rings is 1. The molecule has 0 aliphatic carbocycles. The number of aromatic nitrogens is 1. The second-order valence-electron chi connectivity index (χ2n) is 6.12. The molecule has 0 spiro atoms. The third-order valence-electron chi connectivity index (χ3n) is 4.28. The highest BCUT2D eigenvalue weighted by Crippen LogP contribution is 2.25. The number of hydrogen-bond donors (Lipinski definition) is 1. The molecular formula is C19H21N3O3. The molecule has 2 amide bonds. The lowest BCUT2D eigenvalue weighted by atomic mass is 9.95. The zero-order valence-electron chi connectivity index (χ0n) is 14.1. The Morgan fingerprint density at radius 1 is 1.28 bits per heavy atom. The molecule has 1 aliphatic heterocycles. The summed E-state index contributed by atoms with van der Waals surface area (Å²) < 4.78 is 5.75. The van der Waals surface area contributed by atoms with Crippen LogP contribution in [0.1, 0.15) is 18.4 Å². The molecule has 1 N–H and O–H groups in total. The molecule has 1 aromatic carbocycles. The molecule has 6 nitrogen and oxygen atoms in total. The number of piperidine rings is 1. The first-order valence-electron chi connectivity index (χ1n) is 8.30.